The van der Waals surface area contributed by atoms with E-state index in [2.05, 4.69) is 43.1 Å². The molecule has 1 N–H and O–H groups in total. The number of hydrogen-bond donors (Lipinski definition) is 1. The van der Waals surface area contributed by atoms with Gasteiger partial charge in [0.25, 0.3) is 0 Å². The van der Waals surface area contributed by atoms with Crippen LogP contribution in [0.2, 0.25) is 0 Å². The summed E-state index contributed by atoms with van der Waals surface area (Å²) in [4.78, 5) is 4.76. The van der Waals surface area contributed by atoms with E-state index in [9.17, 15) is 4.39 Å². The summed E-state index contributed by atoms with van der Waals surface area (Å²) in [5.41, 5.74) is 0.778. The van der Waals surface area contributed by atoms with Gasteiger partial charge in [-0.3, -0.25) is 4.90 Å². The average Bonchev–Trinajstić information content (AvgIpc) is 2.80. The normalized spacial score (nSPS) is 24.7. The van der Waals surface area contributed by atoms with E-state index in [1.54, 1.807) is 12.1 Å². The standard InChI is InChI=1S/C17H28FN3/c1-5-19-16(14-8-6-7-9-15(14)18)11-21-10-13(2)17(12-21)20(3)4/h6-9,13,16-17,19H,5,10-12H2,1-4H3. The lowest BCUT2D eigenvalue weighted by Gasteiger charge is -2.26. The van der Waals surface area contributed by atoms with Crippen LogP contribution >= 0.6 is 0 Å². The molecule has 1 saturated heterocycles. The Balaban J connectivity index is 2.06. The van der Waals surface area contributed by atoms with Crippen molar-refractivity contribution in [1.29, 1.82) is 0 Å². The molecule has 4 heteroatoms. The molecule has 2 rings (SSSR count). The Kier molecular flexibility index (Phi) is 5.73. The van der Waals surface area contributed by atoms with E-state index in [0.717, 1.165) is 31.7 Å². The molecule has 1 aliphatic rings. The maximum atomic E-state index is 14.1. The number of nitrogens with zero attached hydrogens (tertiary/aromatic N) is 2. The first-order valence-corrected chi connectivity index (χ1v) is 7.89. The largest absolute Gasteiger partial charge is 0.309 e. The van der Waals surface area contributed by atoms with Gasteiger partial charge in [0.2, 0.25) is 0 Å². The Morgan fingerprint density at radius 1 is 1.33 bits per heavy atom. The summed E-state index contributed by atoms with van der Waals surface area (Å²) in [6, 6.07) is 7.76. The van der Waals surface area contributed by atoms with E-state index < -0.39 is 0 Å². The van der Waals surface area contributed by atoms with Gasteiger partial charge in [-0.1, -0.05) is 32.0 Å². The fourth-order valence-corrected chi connectivity index (χ4v) is 3.40. The van der Waals surface area contributed by atoms with Crippen LogP contribution in [0.3, 0.4) is 0 Å². The molecule has 3 nitrogen and oxygen atoms in total. The van der Waals surface area contributed by atoms with Gasteiger partial charge in [-0.05, 0) is 32.6 Å². The maximum Gasteiger partial charge on any atom is 0.128 e. The van der Waals surface area contributed by atoms with Gasteiger partial charge in [0.15, 0.2) is 0 Å². The van der Waals surface area contributed by atoms with Gasteiger partial charge in [0, 0.05) is 37.3 Å². The molecule has 0 spiro atoms. The molecule has 1 heterocycles. The van der Waals surface area contributed by atoms with Crippen molar-refractivity contribution in [3.05, 3.63) is 35.6 Å². The highest BCUT2D eigenvalue weighted by Gasteiger charge is 2.32. The second-order valence-corrected chi connectivity index (χ2v) is 6.36. The molecule has 1 aromatic rings. The lowest BCUT2D eigenvalue weighted by molar-refractivity contribution is 0.243. The number of likely N-dealkylation sites (tertiary alicyclic amines) is 1. The summed E-state index contributed by atoms with van der Waals surface area (Å²) in [5, 5.41) is 3.43. The number of benzene rings is 1. The summed E-state index contributed by atoms with van der Waals surface area (Å²) in [6.45, 7) is 8.23. The molecular weight excluding hydrogens is 265 g/mol. The summed E-state index contributed by atoms with van der Waals surface area (Å²) in [7, 11) is 4.28. The molecule has 0 saturated carbocycles. The van der Waals surface area contributed by atoms with Crippen LogP contribution in [-0.4, -0.2) is 56.1 Å². The predicted octanol–water partition coefficient (Wildman–Crippen LogP) is 2.36. The van der Waals surface area contributed by atoms with E-state index in [4.69, 9.17) is 0 Å². The second-order valence-electron chi connectivity index (χ2n) is 6.36. The average molecular weight is 293 g/mol. The van der Waals surface area contributed by atoms with Crippen LogP contribution in [-0.2, 0) is 0 Å². The molecule has 0 bridgehead atoms. The molecule has 3 atom stereocenters. The summed E-state index contributed by atoms with van der Waals surface area (Å²) in [6.07, 6.45) is 0. The van der Waals surface area contributed by atoms with Gasteiger partial charge in [0.1, 0.15) is 5.82 Å². The zero-order valence-electron chi connectivity index (χ0n) is 13.6. The van der Waals surface area contributed by atoms with Crippen LogP contribution in [0.15, 0.2) is 24.3 Å². The number of hydrogen-bond acceptors (Lipinski definition) is 3. The van der Waals surface area contributed by atoms with E-state index in [1.807, 2.05) is 12.1 Å². The highest BCUT2D eigenvalue weighted by Crippen LogP contribution is 2.24. The minimum Gasteiger partial charge on any atom is -0.309 e. The third kappa shape index (κ3) is 4.02. The molecule has 0 radical (unpaired) electrons. The third-order valence-electron chi connectivity index (χ3n) is 4.48. The van der Waals surface area contributed by atoms with Crippen molar-refractivity contribution in [2.24, 2.45) is 5.92 Å². The molecule has 0 amide bonds. The lowest BCUT2D eigenvalue weighted by atomic mass is 10.1. The van der Waals surface area contributed by atoms with E-state index in [1.165, 1.54) is 0 Å². The van der Waals surface area contributed by atoms with E-state index in [-0.39, 0.29) is 11.9 Å². The Labute approximate surface area is 128 Å². The van der Waals surface area contributed by atoms with Crippen LogP contribution < -0.4 is 5.32 Å². The molecule has 0 aliphatic carbocycles. The fourth-order valence-electron chi connectivity index (χ4n) is 3.40. The minimum absolute atomic E-state index is 0.0595. The van der Waals surface area contributed by atoms with Crippen molar-refractivity contribution >= 4 is 0 Å². The second kappa shape index (κ2) is 7.34. The fraction of sp³-hybridized carbons (Fsp3) is 0.647. The SMILES string of the molecule is CCNC(CN1CC(C)C(N(C)C)C1)c1ccccc1F. The van der Waals surface area contributed by atoms with Crippen LogP contribution in [0.4, 0.5) is 4.39 Å². The van der Waals surface area contributed by atoms with Crippen LogP contribution in [0.5, 0.6) is 0 Å². The molecule has 0 aromatic heterocycles. The van der Waals surface area contributed by atoms with Crippen molar-refractivity contribution < 1.29 is 4.39 Å². The van der Waals surface area contributed by atoms with Crippen LogP contribution in [0.25, 0.3) is 0 Å². The molecule has 118 valence electrons. The minimum atomic E-state index is -0.111. The van der Waals surface area contributed by atoms with E-state index in [0.29, 0.717) is 12.0 Å². The number of likely N-dealkylation sites (N-methyl/N-ethyl adjacent to an activating group) is 2. The van der Waals surface area contributed by atoms with Crippen molar-refractivity contribution in [2.45, 2.75) is 25.9 Å². The number of rotatable bonds is 6. The first kappa shape index (κ1) is 16.4. The zero-order valence-corrected chi connectivity index (χ0v) is 13.6. The smallest absolute Gasteiger partial charge is 0.128 e. The van der Waals surface area contributed by atoms with E-state index >= 15 is 0 Å². The lowest BCUT2D eigenvalue weighted by Crippen LogP contribution is -2.37. The van der Waals surface area contributed by atoms with Gasteiger partial charge < -0.3 is 10.2 Å². The summed E-state index contributed by atoms with van der Waals surface area (Å²) >= 11 is 0. The molecular formula is C17H28FN3. The number of halogens is 1. The number of nitrogens with one attached hydrogen (secondary N) is 1. The van der Waals surface area contributed by atoms with Gasteiger partial charge in [-0.15, -0.1) is 0 Å². The molecule has 1 aliphatic heterocycles. The first-order chi connectivity index (χ1) is 10.0. The summed E-state index contributed by atoms with van der Waals surface area (Å²) < 4.78 is 14.1. The van der Waals surface area contributed by atoms with Gasteiger partial charge in [-0.25, -0.2) is 4.39 Å². The molecule has 3 unspecified atom stereocenters. The van der Waals surface area contributed by atoms with Gasteiger partial charge in [0.05, 0.1) is 0 Å². The highest BCUT2D eigenvalue weighted by molar-refractivity contribution is 5.21. The Morgan fingerprint density at radius 3 is 2.62 bits per heavy atom. The Hall–Kier alpha value is -0.970. The predicted molar refractivity (Wildman–Crippen MR) is 85.9 cm³/mol. The Morgan fingerprint density at radius 2 is 2.05 bits per heavy atom. The quantitative estimate of drug-likeness (QED) is 0.868. The van der Waals surface area contributed by atoms with Gasteiger partial charge in [-0.2, -0.15) is 0 Å². The first-order valence-electron chi connectivity index (χ1n) is 7.89. The molecule has 1 fully saturated rings. The monoisotopic (exact) mass is 293 g/mol. The van der Waals surface area contributed by atoms with Crippen LogP contribution in [0, 0.1) is 11.7 Å². The maximum absolute atomic E-state index is 14.1. The highest BCUT2D eigenvalue weighted by atomic mass is 19.1. The molecule has 21 heavy (non-hydrogen) atoms. The van der Waals surface area contributed by atoms with Crippen molar-refractivity contribution in [3.8, 4) is 0 Å². The van der Waals surface area contributed by atoms with Gasteiger partial charge >= 0.3 is 0 Å². The Bertz CT molecular complexity index is 449. The topological polar surface area (TPSA) is 18.5 Å². The third-order valence-corrected chi connectivity index (χ3v) is 4.48. The zero-order chi connectivity index (χ0) is 15.4. The van der Waals surface area contributed by atoms with Crippen molar-refractivity contribution in [3.63, 3.8) is 0 Å². The van der Waals surface area contributed by atoms with Crippen molar-refractivity contribution in [2.75, 3.05) is 40.3 Å². The van der Waals surface area contributed by atoms with Crippen LogP contribution in [0.1, 0.15) is 25.5 Å². The summed E-state index contributed by atoms with van der Waals surface area (Å²) in [5.74, 6) is 0.544. The molecule has 1 aromatic carbocycles. The van der Waals surface area contributed by atoms with Crippen molar-refractivity contribution in [1.82, 2.24) is 15.1 Å².